The summed E-state index contributed by atoms with van der Waals surface area (Å²) in [5.41, 5.74) is -5.62. The van der Waals surface area contributed by atoms with Gasteiger partial charge in [0.05, 0.1) is 18.8 Å². The number of carbonyl (C=O) groups is 2. The van der Waals surface area contributed by atoms with E-state index in [1.54, 1.807) is 0 Å². The zero-order chi connectivity index (χ0) is 32.0. The summed E-state index contributed by atoms with van der Waals surface area (Å²) in [6.45, 7) is -1.99. The van der Waals surface area contributed by atoms with Gasteiger partial charge in [0, 0.05) is 0 Å². The lowest BCUT2D eigenvalue weighted by Crippen LogP contribution is -2.72. The van der Waals surface area contributed by atoms with Crippen LogP contribution in [-0.2, 0) is 19.1 Å². The highest BCUT2D eigenvalue weighted by atomic mass is 16.6. The number of benzene rings is 1. The van der Waals surface area contributed by atoms with Crippen molar-refractivity contribution in [3.05, 3.63) is 58.6 Å². The molecule has 0 saturated carbocycles. The Morgan fingerprint density at radius 3 is 1.86 bits per heavy atom. The van der Waals surface area contributed by atoms with Crippen LogP contribution in [0.1, 0.15) is 5.56 Å². The van der Waals surface area contributed by atoms with Crippen LogP contribution in [-0.4, -0.2) is 153 Å². The van der Waals surface area contributed by atoms with E-state index < -0.39 is 114 Å². The second-order valence-electron chi connectivity index (χ2n) is 10.4. The fraction of sp³-hybridized carbons (Fsp3) is 0.481. The van der Waals surface area contributed by atoms with E-state index in [0.717, 1.165) is 6.08 Å². The monoisotopic (exact) mass is 612 g/mol. The zero-order valence-corrected chi connectivity index (χ0v) is 22.2. The molecule has 5 unspecified atom stereocenters. The molecule has 2 saturated heterocycles. The maximum atomic E-state index is 13.9. The number of aromatic hydroxyl groups is 1. The molecule has 43 heavy (non-hydrogen) atoms. The smallest absolute Gasteiger partial charge is 0.219 e. The van der Waals surface area contributed by atoms with Crippen LogP contribution in [0.4, 0.5) is 0 Å². The van der Waals surface area contributed by atoms with Crippen molar-refractivity contribution >= 4 is 17.6 Å². The number of hydrogen-bond donors (Lipinski definition) is 12. The van der Waals surface area contributed by atoms with Crippen molar-refractivity contribution in [1.29, 1.82) is 0 Å². The van der Waals surface area contributed by atoms with Crippen molar-refractivity contribution in [1.82, 2.24) is 0 Å². The summed E-state index contributed by atoms with van der Waals surface area (Å²) in [6, 6.07) is 5.38. The van der Waals surface area contributed by atoms with E-state index in [4.69, 9.17) is 9.47 Å². The van der Waals surface area contributed by atoms with Gasteiger partial charge < -0.3 is 70.8 Å². The van der Waals surface area contributed by atoms with Crippen LogP contribution in [0.15, 0.2) is 53.0 Å². The van der Waals surface area contributed by atoms with Gasteiger partial charge in [-0.1, -0.05) is 18.2 Å². The Kier molecular flexibility index (Phi) is 9.41. The third-order valence-corrected chi connectivity index (χ3v) is 7.72. The SMILES string of the molecule is O=C1C(=C(O)/C=C/c2ccc(O)cc2)C(O)=C(C2OC(CO)[C@@H](O)[C@H](O)[C@H]2O)C(=O)C1(O)C1OC(CO)[C@@H](O)[C@H](O)[C@H]1O. The highest BCUT2D eigenvalue weighted by Gasteiger charge is 2.65. The third kappa shape index (κ3) is 5.47. The predicted molar refractivity (Wildman–Crippen MR) is 139 cm³/mol. The normalized spacial score (nSPS) is 40.3. The van der Waals surface area contributed by atoms with Crippen LogP contribution < -0.4 is 0 Å². The van der Waals surface area contributed by atoms with Crippen LogP contribution in [0.5, 0.6) is 5.75 Å². The molecule has 4 rings (SSSR count). The lowest BCUT2D eigenvalue weighted by Gasteiger charge is -2.48. The van der Waals surface area contributed by atoms with Crippen LogP contribution in [0.2, 0.25) is 0 Å². The van der Waals surface area contributed by atoms with Crippen LogP contribution >= 0.6 is 0 Å². The number of aliphatic hydroxyl groups is 11. The standard InChI is InChI=1S/C27H32O16/c28-7-12-16(32)19(35)21(37)23(42-12)15-18(34)14(11(31)6-3-9-1-4-10(30)5-2-9)24(39)27(41,25(15)40)26-22(38)20(36)17(33)13(8-29)43-26/h1-6,12-13,16-17,19-23,26,28-38,41H,7-8H2/b6-3+,14-11?/t12?,13?,16-,17-,19+,20+,21-,22-,23?,26?,27?/m1/s1. The minimum Gasteiger partial charge on any atom is -0.508 e. The van der Waals surface area contributed by atoms with Crippen molar-refractivity contribution in [3.63, 3.8) is 0 Å². The Balaban J connectivity index is 1.92. The van der Waals surface area contributed by atoms with Gasteiger partial charge in [0.1, 0.15) is 83.9 Å². The van der Waals surface area contributed by atoms with E-state index in [1.807, 2.05) is 0 Å². The maximum Gasteiger partial charge on any atom is 0.219 e. The summed E-state index contributed by atoms with van der Waals surface area (Å²) in [6.07, 6.45) is -18.7. The average Bonchev–Trinajstić information content (AvgIpc) is 2.98. The number of hydrogen-bond acceptors (Lipinski definition) is 16. The molecule has 1 aromatic rings. The summed E-state index contributed by atoms with van der Waals surface area (Å²) in [5, 5.41) is 125. The van der Waals surface area contributed by atoms with Crippen molar-refractivity contribution in [2.45, 2.75) is 66.6 Å². The number of phenolic OH excluding ortho intramolecular Hbond substituents is 1. The topological polar surface area (TPSA) is 295 Å². The van der Waals surface area contributed by atoms with Gasteiger partial charge in [0.25, 0.3) is 0 Å². The molecule has 0 amide bonds. The summed E-state index contributed by atoms with van der Waals surface area (Å²) < 4.78 is 10.6. The molecule has 3 aliphatic rings. The molecule has 2 heterocycles. The Morgan fingerprint density at radius 2 is 1.30 bits per heavy atom. The molecule has 11 atom stereocenters. The fourth-order valence-corrected chi connectivity index (χ4v) is 5.24. The van der Waals surface area contributed by atoms with Gasteiger partial charge >= 0.3 is 0 Å². The van der Waals surface area contributed by atoms with Crippen molar-refractivity contribution < 1.29 is 80.3 Å². The molecule has 2 aliphatic heterocycles. The van der Waals surface area contributed by atoms with Crippen LogP contribution in [0, 0.1) is 0 Å². The van der Waals surface area contributed by atoms with Crippen LogP contribution in [0.25, 0.3) is 6.08 Å². The van der Waals surface area contributed by atoms with Gasteiger partial charge in [0.2, 0.25) is 17.2 Å². The summed E-state index contributed by atoms with van der Waals surface area (Å²) in [4.78, 5) is 27.6. The Bertz CT molecular complexity index is 1320. The number of carbonyl (C=O) groups excluding carboxylic acids is 2. The molecule has 12 N–H and O–H groups in total. The summed E-state index contributed by atoms with van der Waals surface area (Å²) in [7, 11) is 0. The molecule has 0 bridgehead atoms. The molecule has 2 fully saturated rings. The van der Waals surface area contributed by atoms with Gasteiger partial charge in [-0.2, -0.15) is 0 Å². The molecule has 0 radical (unpaired) electrons. The number of Topliss-reactive ketones (excluding diaryl/α,β-unsaturated/α-hetero) is 2. The van der Waals surface area contributed by atoms with E-state index in [9.17, 15) is 70.9 Å². The van der Waals surface area contributed by atoms with E-state index in [-0.39, 0.29) is 5.75 Å². The Hall–Kier alpha value is -3.26. The van der Waals surface area contributed by atoms with Gasteiger partial charge in [-0.15, -0.1) is 0 Å². The van der Waals surface area contributed by atoms with Crippen LogP contribution in [0.3, 0.4) is 0 Å². The second kappa shape index (κ2) is 12.4. The number of aliphatic hydroxyl groups excluding tert-OH is 10. The number of ether oxygens (including phenoxy) is 2. The van der Waals surface area contributed by atoms with E-state index in [0.29, 0.717) is 5.56 Å². The first kappa shape index (κ1) is 32.6. The third-order valence-electron chi connectivity index (χ3n) is 7.72. The molecule has 1 aliphatic carbocycles. The molecular formula is C27H32O16. The highest BCUT2D eigenvalue weighted by Crippen LogP contribution is 2.42. The molecule has 1 aromatic carbocycles. The van der Waals surface area contributed by atoms with E-state index in [1.165, 1.54) is 30.3 Å². The van der Waals surface area contributed by atoms with Crippen molar-refractivity contribution in [2.24, 2.45) is 0 Å². The Labute approximate surface area is 242 Å². The van der Waals surface area contributed by atoms with Crippen molar-refractivity contribution in [2.75, 3.05) is 13.2 Å². The van der Waals surface area contributed by atoms with Crippen molar-refractivity contribution in [3.8, 4) is 5.75 Å². The predicted octanol–water partition coefficient (Wildman–Crippen LogP) is -4.40. The molecule has 0 aromatic heterocycles. The first-order valence-electron chi connectivity index (χ1n) is 13.0. The number of rotatable bonds is 6. The maximum absolute atomic E-state index is 13.9. The minimum absolute atomic E-state index is 0.0879. The zero-order valence-electron chi connectivity index (χ0n) is 22.2. The largest absolute Gasteiger partial charge is 0.508 e. The molecule has 16 nitrogen and oxygen atoms in total. The van der Waals surface area contributed by atoms with Gasteiger partial charge in [-0.05, 0) is 23.8 Å². The molecule has 236 valence electrons. The highest BCUT2D eigenvalue weighted by molar-refractivity contribution is 6.28. The van der Waals surface area contributed by atoms with Gasteiger partial charge in [-0.3, -0.25) is 9.59 Å². The lowest BCUT2D eigenvalue weighted by molar-refractivity contribution is -0.261. The van der Waals surface area contributed by atoms with Gasteiger partial charge in [0.15, 0.2) is 0 Å². The average molecular weight is 613 g/mol. The molecule has 0 spiro atoms. The number of allylic oxidation sites excluding steroid dienone is 2. The van der Waals surface area contributed by atoms with E-state index in [2.05, 4.69) is 0 Å². The molecule has 16 heteroatoms. The first-order chi connectivity index (χ1) is 20.2. The second-order valence-corrected chi connectivity index (χ2v) is 10.4. The quantitative estimate of drug-likeness (QED) is 0.0820. The summed E-state index contributed by atoms with van der Waals surface area (Å²) in [5.74, 6) is -6.12. The summed E-state index contributed by atoms with van der Waals surface area (Å²) >= 11 is 0. The molecular weight excluding hydrogens is 580 g/mol. The van der Waals surface area contributed by atoms with E-state index >= 15 is 0 Å². The Morgan fingerprint density at radius 1 is 0.767 bits per heavy atom. The fourth-order valence-electron chi connectivity index (χ4n) is 5.24. The first-order valence-corrected chi connectivity index (χ1v) is 13.0. The van der Waals surface area contributed by atoms with Gasteiger partial charge in [-0.25, -0.2) is 0 Å². The minimum atomic E-state index is -3.63. The number of ketones is 2. The number of phenols is 1. The lowest BCUT2D eigenvalue weighted by atomic mass is 9.69.